The number of nitrogens with one attached hydrogen (secondary N) is 1. The van der Waals surface area contributed by atoms with Crippen molar-refractivity contribution in [1.82, 2.24) is 10.2 Å². The summed E-state index contributed by atoms with van der Waals surface area (Å²) >= 11 is 0. The Morgan fingerprint density at radius 3 is 2.54 bits per heavy atom. The lowest BCUT2D eigenvalue weighted by molar-refractivity contribution is -0.130. The van der Waals surface area contributed by atoms with E-state index in [1.807, 2.05) is 26.0 Å². The molecule has 4 unspecified atom stereocenters. The van der Waals surface area contributed by atoms with Crippen LogP contribution < -0.4 is 20.5 Å². The first-order chi connectivity index (χ1) is 19.0. The standard InChI is InChI=1S/C29H32N4O4.C2H6/c30-29-31-19-3-1-2-16-12-20(16)17-4-6-25-21(13-17)23(8-10-36-25)32-28(35)18-5-7-26-22(14-18)24(9-11-37-26)33(29)27(34)15-19;1-2/h4-7,13-14,16,19-20,23-24H,1-3,8-12,15H2,(H2,30,31)(H,32,35);1-2H3/t16?,19?,20?,23?,24-;/m1./s1. The minimum Gasteiger partial charge on any atom is -0.493 e. The van der Waals surface area contributed by atoms with Crippen LogP contribution in [-0.4, -0.2) is 41.9 Å². The van der Waals surface area contributed by atoms with Gasteiger partial charge < -0.3 is 20.5 Å². The highest BCUT2D eigenvalue weighted by Crippen LogP contribution is 2.51. The van der Waals surface area contributed by atoms with Gasteiger partial charge in [-0.05, 0) is 67.0 Å². The maximum absolute atomic E-state index is 13.5. The fourth-order valence-electron chi connectivity index (χ4n) is 6.63. The van der Waals surface area contributed by atoms with Crippen molar-refractivity contribution >= 4 is 17.8 Å². The van der Waals surface area contributed by atoms with E-state index in [0.717, 1.165) is 42.6 Å². The van der Waals surface area contributed by atoms with Gasteiger partial charge in [-0.2, -0.15) is 0 Å². The van der Waals surface area contributed by atoms with Gasteiger partial charge in [0.2, 0.25) is 5.91 Å². The fourth-order valence-corrected chi connectivity index (χ4v) is 6.63. The largest absolute Gasteiger partial charge is 0.493 e. The van der Waals surface area contributed by atoms with E-state index in [-0.39, 0.29) is 35.9 Å². The van der Waals surface area contributed by atoms with E-state index in [0.29, 0.717) is 49.2 Å². The van der Waals surface area contributed by atoms with Gasteiger partial charge in [-0.3, -0.25) is 14.5 Å². The van der Waals surface area contributed by atoms with Crippen LogP contribution in [-0.2, 0) is 4.79 Å². The Labute approximate surface area is 229 Å². The van der Waals surface area contributed by atoms with Crippen molar-refractivity contribution in [2.75, 3.05) is 13.2 Å². The molecule has 0 spiro atoms. The molecule has 0 saturated heterocycles. The number of carbonyl (C=O) groups is 2. The number of amides is 2. The zero-order valence-corrected chi connectivity index (χ0v) is 22.8. The lowest BCUT2D eigenvalue weighted by atomic mass is 9.94. The highest BCUT2D eigenvalue weighted by atomic mass is 16.5. The van der Waals surface area contributed by atoms with E-state index < -0.39 is 0 Å². The first kappa shape index (κ1) is 25.7. The molecule has 5 aliphatic heterocycles. The second-order valence-corrected chi connectivity index (χ2v) is 11.0. The van der Waals surface area contributed by atoms with E-state index >= 15 is 0 Å². The van der Waals surface area contributed by atoms with Gasteiger partial charge in [0.25, 0.3) is 5.91 Å². The summed E-state index contributed by atoms with van der Waals surface area (Å²) in [7, 11) is 0. The summed E-state index contributed by atoms with van der Waals surface area (Å²) in [6.07, 6.45) is 5.90. The summed E-state index contributed by atoms with van der Waals surface area (Å²) in [6, 6.07) is 11.5. The third kappa shape index (κ3) is 4.85. The zero-order chi connectivity index (χ0) is 27.1. The maximum Gasteiger partial charge on any atom is 0.251 e. The van der Waals surface area contributed by atoms with Crippen molar-refractivity contribution in [3.05, 3.63) is 58.7 Å². The minimum absolute atomic E-state index is 0.00168. The van der Waals surface area contributed by atoms with Crippen LogP contribution in [0.15, 0.2) is 41.4 Å². The molecule has 2 amide bonds. The molecule has 1 saturated carbocycles. The summed E-state index contributed by atoms with van der Waals surface area (Å²) < 4.78 is 11.8. The number of nitrogens with two attached hydrogens (primary N) is 1. The van der Waals surface area contributed by atoms with Gasteiger partial charge in [0.15, 0.2) is 5.96 Å². The molecule has 0 radical (unpaired) electrons. The molecular weight excluding hydrogens is 492 g/mol. The van der Waals surface area contributed by atoms with Crippen molar-refractivity contribution in [1.29, 1.82) is 0 Å². The molecule has 8 nitrogen and oxygen atoms in total. The molecule has 5 heterocycles. The fraction of sp³-hybridized carbons (Fsp3) is 0.516. The maximum atomic E-state index is 13.5. The minimum atomic E-state index is -0.297. The van der Waals surface area contributed by atoms with Crippen LogP contribution in [0.5, 0.6) is 11.5 Å². The zero-order valence-electron chi connectivity index (χ0n) is 22.8. The summed E-state index contributed by atoms with van der Waals surface area (Å²) in [4.78, 5) is 33.2. The van der Waals surface area contributed by atoms with Gasteiger partial charge in [0.1, 0.15) is 11.5 Å². The molecule has 8 rings (SSSR count). The summed E-state index contributed by atoms with van der Waals surface area (Å²) in [5.41, 5.74) is 10.1. The average Bonchev–Trinajstić information content (AvgIpc) is 3.73. The molecule has 1 aliphatic carbocycles. The highest BCUT2D eigenvalue weighted by molar-refractivity contribution is 5.99. The number of rotatable bonds is 0. The Morgan fingerprint density at radius 1 is 0.949 bits per heavy atom. The Bertz CT molecular complexity index is 1310. The van der Waals surface area contributed by atoms with E-state index in [1.54, 1.807) is 11.0 Å². The Kier molecular flexibility index (Phi) is 6.95. The number of benzene rings is 2. The van der Waals surface area contributed by atoms with E-state index in [2.05, 4.69) is 23.5 Å². The van der Waals surface area contributed by atoms with Crippen LogP contribution in [0.25, 0.3) is 0 Å². The molecule has 2 aromatic carbocycles. The normalized spacial score (nSPS) is 29.0. The molecule has 6 bridgehead atoms. The molecule has 206 valence electrons. The van der Waals surface area contributed by atoms with Crippen LogP contribution in [0.1, 0.15) is 104 Å². The lowest BCUT2D eigenvalue weighted by Gasteiger charge is -2.38. The first-order valence-corrected chi connectivity index (χ1v) is 14.5. The summed E-state index contributed by atoms with van der Waals surface area (Å²) in [6.45, 7) is 5.05. The third-order valence-corrected chi connectivity index (χ3v) is 8.67. The number of aliphatic imine (C=N–C) groups is 1. The van der Waals surface area contributed by atoms with E-state index in [9.17, 15) is 9.59 Å². The molecule has 5 atom stereocenters. The molecular formula is C31H38N4O4. The van der Waals surface area contributed by atoms with Crippen LogP contribution >= 0.6 is 0 Å². The quantitative estimate of drug-likeness (QED) is 0.499. The predicted octanol–water partition coefficient (Wildman–Crippen LogP) is 4.99. The summed E-state index contributed by atoms with van der Waals surface area (Å²) in [5, 5.41) is 3.25. The number of nitrogens with zero attached hydrogens (tertiary/aromatic N) is 2. The number of guanidine groups is 1. The third-order valence-electron chi connectivity index (χ3n) is 8.67. The second-order valence-electron chi connectivity index (χ2n) is 11.0. The van der Waals surface area contributed by atoms with Gasteiger partial charge in [0.05, 0.1) is 31.3 Å². The molecule has 3 N–H and O–H groups in total. The van der Waals surface area contributed by atoms with Crippen molar-refractivity contribution in [2.45, 2.75) is 82.8 Å². The first-order valence-electron chi connectivity index (χ1n) is 14.5. The van der Waals surface area contributed by atoms with Crippen LogP contribution in [0.4, 0.5) is 0 Å². The van der Waals surface area contributed by atoms with Gasteiger partial charge in [0, 0.05) is 36.0 Å². The SMILES string of the molecule is CC.NC1=NC2CCCC3CC3c3ccc4c(c3)C(CCO4)NC(=O)c3ccc4c(c3)[C@@H](CCO4)N1C(=O)C2. The van der Waals surface area contributed by atoms with E-state index in [4.69, 9.17) is 20.2 Å². The second kappa shape index (κ2) is 10.5. The Balaban J connectivity index is 0.00000135. The molecule has 0 aromatic heterocycles. The van der Waals surface area contributed by atoms with Crippen LogP contribution in [0.3, 0.4) is 0 Å². The number of ether oxygens (including phenoxy) is 2. The van der Waals surface area contributed by atoms with Gasteiger partial charge in [-0.1, -0.05) is 26.3 Å². The van der Waals surface area contributed by atoms with Gasteiger partial charge in [-0.25, -0.2) is 4.99 Å². The van der Waals surface area contributed by atoms with Gasteiger partial charge >= 0.3 is 0 Å². The Hall–Kier alpha value is -3.55. The molecule has 39 heavy (non-hydrogen) atoms. The predicted molar refractivity (Wildman–Crippen MR) is 149 cm³/mol. The molecule has 2 aromatic rings. The molecule has 8 heteroatoms. The smallest absolute Gasteiger partial charge is 0.251 e. The number of carbonyl (C=O) groups excluding carboxylic acids is 2. The number of fused-ring (bicyclic) bond motifs is 4. The van der Waals surface area contributed by atoms with Crippen molar-refractivity contribution in [2.24, 2.45) is 16.6 Å². The summed E-state index contributed by atoms with van der Waals surface area (Å²) in [5.74, 6) is 2.86. The van der Waals surface area contributed by atoms with Crippen molar-refractivity contribution in [3.8, 4) is 11.5 Å². The monoisotopic (exact) mass is 530 g/mol. The van der Waals surface area contributed by atoms with Crippen molar-refractivity contribution in [3.63, 3.8) is 0 Å². The van der Waals surface area contributed by atoms with Crippen molar-refractivity contribution < 1.29 is 19.1 Å². The molecule has 1 fully saturated rings. The lowest BCUT2D eigenvalue weighted by Crippen LogP contribution is -2.50. The number of hydrogen-bond donors (Lipinski definition) is 2. The van der Waals surface area contributed by atoms with Crippen LogP contribution in [0, 0.1) is 5.92 Å². The van der Waals surface area contributed by atoms with E-state index in [1.165, 1.54) is 12.0 Å². The molecule has 6 aliphatic rings. The van der Waals surface area contributed by atoms with Crippen LogP contribution in [0.2, 0.25) is 0 Å². The Morgan fingerprint density at radius 2 is 1.72 bits per heavy atom. The number of hydrogen-bond acceptors (Lipinski definition) is 6. The highest BCUT2D eigenvalue weighted by Gasteiger charge is 2.40. The average molecular weight is 531 g/mol. The van der Waals surface area contributed by atoms with Gasteiger partial charge in [-0.15, -0.1) is 0 Å². The topological polar surface area (TPSA) is 106 Å².